The quantitative estimate of drug-likeness (QED) is 0.423. The summed E-state index contributed by atoms with van der Waals surface area (Å²) in [7, 11) is 1.57. The maximum absolute atomic E-state index is 10.9. The summed E-state index contributed by atoms with van der Waals surface area (Å²) in [5.41, 5.74) is 0. The molecule has 0 aliphatic carbocycles. The lowest BCUT2D eigenvalue weighted by Crippen LogP contribution is -2.12. The Morgan fingerprint density at radius 3 is 2.54 bits per heavy atom. The predicted octanol–water partition coefficient (Wildman–Crippen LogP) is 0.993. The third-order valence-electron chi connectivity index (χ3n) is 1.35. The number of hydrogen-bond donors (Lipinski definition) is 0. The van der Waals surface area contributed by atoms with Crippen molar-refractivity contribution in [1.29, 1.82) is 0 Å². The zero-order chi connectivity index (χ0) is 9.94. The van der Waals surface area contributed by atoms with Gasteiger partial charge in [-0.1, -0.05) is 6.92 Å². The predicted molar refractivity (Wildman–Crippen MR) is 48.6 cm³/mol. The summed E-state index contributed by atoms with van der Waals surface area (Å²) in [6.45, 7) is 3.94. The lowest BCUT2D eigenvalue weighted by molar-refractivity contribution is -0.146. The molecule has 4 nitrogen and oxygen atoms in total. The van der Waals surface area contributed by atoms with Crippen LogP contribution in [0.15, 0.2) is 0 Å². The van der Waals surface area contributed by atoms with Crippen LogP contribution >= 0.6 is 0 Å². The van der Waals surface area contributed by atoms with Gasteiger partial charge in [0.05, 0.1) is 19.6 Å². The third-order valence-corrected chi connectivity index (χ3v) is 1.35. The third kappa shape index (κ3) is 9.30. The van der Waals surface area contributed by atoms with Gasteiger partial charge in [-0.3, -0.25) is 4.79 Å². The molecule has 0 spiro atoms. The van der Waals surface area contributed by atoms with E-state index in [2.05, 4.69) is 0 Å². The lowest BCUT2D eigenvalue weighted by atomic mass is 10.4. The van der Waals surface area contributed by atoms with E-state index in [1.165, 1.54) is 0 Å². The smallest absolute Gasteiger partial charge is 0.308 e. The minimum Gasteiger partial charge on any atom is -0.463 e. The molecular formula is C9H18O4. The molecule has 0 radical (unpaired) electrons. The van der Waals surface area contributed by atoms with E-state index in [1.807, 2.05) is 6.92 Å². The van der Waals surface area contributed by atoms with Crippen LogP contribution in [0, 0.1) is 0 Å². The fourth-order valence-electron chi connectivity index (χ4n) is 0.713. The molecule has 0 heterocycles. The van der Waals surface area contributed by atoms with Crippen LogP contribution in [0.3, 0.4) is 0 Å². The fourth-order valence-corrected chi connectivity index (χ4v) is 0.713. The van der Waals surface area contributed by atoms with Gasteiger partial charge in [-0.05, 0) is 6.42 Å². The summed E-state index contributed by atoms with van der Waals surface area (Å²) in [6.07, 6.45) is 1.29. The van der Waals surface area contributed by atoms with E-state index in [1.54, 1.807) is 7.11 Å². The van der Waals surface area contributed by atoms with Crippen molar-refractivity contribution in [1.82, 2.24) is 0 Å². The Morgan fingerprint density at radius 1 is 1.15 bits per heavy atom. The molecule has 0 aromatic heterocycles. The fraction of sp³-hybridized carbons (Fsp3) is 0.889. The number of esters is 1. The van der Waals surface area contributed by atoms with Crippen molar-refractivity contribution in [3.05, 3.63) is 0 Å². The Labute approximate surface area is 79.2 Å². The standard InChI is InChI=1S/C9H18O4/c1-3-5-12-6-4-9(10)13-8-7-11-2/h3-8H2,1-2H3. The van der Waals surface area contributed by atoms with E-state index in [0.717, 1.165) is 6.42 Å². The highest BCUT2D eigenvalue weighted by Gasteiger charge is 2.01. The van der Waals surface area contributed by atoms with E-state index < -0.39 is 0 Å². The van der Waals surface area contributed by atoms with E-state index in [-0.39, 0.29) is 5.97 Å². The Hall–Kier alpha value is -0.610. The molecule has 78 valence electrons. The van der Waals surface area contributed by atoms with Gasteiger partial charge in [0.25, 0.3) is 0 Å². The number of rotatable bonds is 8. The highest BCUT2D eigenvalue weighted by Crippen LogP contribution is 1.89. The molecule has 0 amide bonds. The van der Waals surface area contributed by atoms with Crippen molar-refractivity contribution in [2.24, 2.45) is 0 Å². The molecule has 0 aromatic carbocycles. The van der Waals surface area contributed by atoms with Gasteiger partial charge in [0.15, 0.2) is 0 Å². The largest absolute Gasteiger partial charge is 0.463 e. The molecule has 0 aliphatic heterocycles. The zero-order valence-electron chi connectivity index (χ0n) is 8.38. The van der Waals surface area contributed by atoms with Crippen molar-refractivity contribution in [3.63, 3.8) is 0 Å². The van der Waals surface area contributed by atoms with E-state index in [4.69, 9.17) is 14.2 Å². The number of methoxy groups -OCH3 is 1. The van der Waals surface area contributed by atoms with Crippen LogP contribution in [0.1, 0.15) is 19.8 Å². The van der Waals surface area contributed by atoms with Gasteiger partial charge in [-0.2, -0.15) is 0 Å². The van der Waals surface area contributed by atoms with Crippen molar-refractivity contribution < 1.29 is 19.0 Å². The Morgan fingerprint density at radius 2 is 1.92 bits per heavy atom. The lowest BCUT2D eigenvalue weighted by Gasteiger charge is -2.04. The van der Waals surface area contributed by atoms with E-state index >= 15 is 0 Å². The van der Waals surface area contributed by atoms with Gasteiger partial charge >= 0.3 is 5.97 Å². The summed E-state index contributed by atoms with van der Waals surface area (Å²) >= 11 is 0. The first-order valence-corrected chi connectivity index (χ1v) is 4.53. The van der Waals surface area contributed by atoms with Crippen LogP contribution in [0.4, 0.5) is 0 Å². The summed E-state index contributed by atoms with van der Waals surface area (Å²) in [6, 6.07) is 0. The first-order chi connectivity index (χ1) is 6.31. The maximum Gasteiger partial charge on any atom is 0.308 e. The van der Waals surface area contributed by atoms with Gasteiger partial charge < -0.3 is 14.2 Å². The molecule has 0 bridgehead atoms. The summed E-state index contributed by atoms with van der Waals surface area (Å²) in [5, 5.41) is 0. The second-order valence-electron chi connectivity index (χ2n) is 2.58. The molecule has 0 fully saturated rings. The molecule has 0 saturated heterocycles. The first-order valence-electron chi connectivity index (χ1n) is 4.53. The minimum absolute atomic E-state index is 0.229. The van der Waals surface area contributed by atoms with Gasteiger partial charge in [-0.15, -0.1) is 0 Å². The number of hydrogen-bond acceptors (Lipinski definition) is 4. The van der Waals surface area contributed by atoms with Crippen molar-refractivity contribution >= 4 is 5.97 Å². The van der Waals surface area contributed by atoms with Crippen LogP contribution in [-0.2, 0) is 19.0 Å². The van der Waals surface area contributed by atoms with Crippen LogP contribution in [0.25, 0.3) is 0 Å². The van der Waals surface area contributed by atoms with E-state index in [0.29, 0.717) is 32.8 Å². The monoisotopic (exact) mass is 190 g/mol. The Kier molecular flexibility index (Phi) is 9.03. The SMILES string of the molecule is CCCOCCC(=O)OCCOC. The molecular weight excluding hydrogens is 172 g/mol. The molecule has 4 heteroatoms. The maximum atomic E-state index is 10.9. The first kappa shape index (κ1) is 12.4. The van der Waals surface area contributed by atoms with Gasteiger partial charge in [0.2, 0.25) is 0 Å². The molecule has 0 rings (SSSR count). The summed E-state index contributed by atoms with van der Waals surface area (Å²) in [4.78, 5) is 10.9. The highest BCUT2D eigenvalue weighted by atomic mass is 16.6. The highest BCUT2D eigenvalue weighted by molar-refractivity contribution is 5.69. The van der Waals surface area contributed by atoms with Crippen LogP contribution in [0.5, 0.6) is 0 Å². The Bertz CT molecular complexity index is 125. The number of ether oxygens (including phenoxy) is 3. The van der Waals surface area contributed by atoms with Gasteiger partial charge in [-0.25, -0.2) is 0 Å². The van der Waals surface area contributed by atoms with Crippen LogP contribution in [0.2, 0.25) is 0 Å². The summed E-state index contributed by atoms with van der Waals surface area (Å²) < 4.78 is 14.7. The molecule has 0 aliphatic rings. The van der Waals surface area contributed by atoms with Crippen molar-refractivity contribution in [2.45, 2.75) is 19.8 Å². The van der Waals surface area contributed by atoms with Gasteiger partial charge in [0.1, 0.15) is 6.61 Å². The molecule has 13 heavy (non-hydrogen) atoms. The second kappa shape index (κ2) is 9.48. The number of carbonyl (C=O) groups excluding carboxylic acids is 1. The van der Waals surface area contributed by atoms with Crippen molar-refractivity contribution in [3.8, 4) is 0 Å². The molecule has 0 saturated carbocycles. The molecule has 0 unspecified atom stereocenters. The van der Waals surface area contributed by atoms with Crippen molar-refractivity contribution in [2.75, 3.05) is 33.5 Å². The minimum atomic E-state index is -0.229. The molecule has 0 aromatic rings. The molecule has 0 atom stereocenters. The zero-order valence-corrected chi connectivity index (χ0v) is 8.38. The second-order valence-corrected chi connectivity index (χ2v) is 2.58. The summed E-state index contributed by atoms with van der Waals surface area (Å²) in [5.74, 6) is -0.229. The average molecular weight is 190 g/mol. The normalized spacial score (nSPS) is 10.0. The topological polar surface area (TPSA) is 44.8 Å². The van der Waals surface area contributed by atoms with E-state index in [9.17, 15) is 4.79 Å². The van der Waals surface area contributed by atoms with Crippen LogP contribution < -0.4 is 0 Å². The van der Waals surface area contributed by atoms with Crippen LogP contribution in [-0.4, -0.2) is 39.5 Å². The number of carbonyl (C=O) groups is 1. The van der Waals surface area contributed by atoms with Gasteiger partial charge in [0, 0.05) is 13.7 Å². The average Bonchev–Trinajstić information content (AvgIpc) is 2.13. The Balaban J connectivity index is 3.11. The molecule has 0 N–H and O–H groups in total.